The molecule has 1 aromatic heterocycles. The average molecular weight is 484 g/mol. The summed E-state index contributed by atoms with van der Waals surface area (Å²) >= 11 is 1.09. The summed E-state index contributed by atoms with van der Waals surface area (Å²) in [5.41, 5.74) is 0.464. The number of carbonyl (C=O) groups is 1. The van der Waals surface area contributed by atoms with Gasteiger partial charge in [0.15, 0.2) is 9.34 Å². The van der Waals surface area contributed by atoms with Crippen molar-refractivity contribution in [3.8, 4) is 0 Å². The van der Waals surface area contributed by atoms with E-state index in [1.54, 1.807) is 6.92 Å². The number of amides is 2. The van der Waals surface area contributed by atoms with Crippen molar-refractivity contribution in [3.63, 3.8) is 0 Å². The lowest BCUT2D eigenvalue weighted by molar-refractivity contribution is 0.114. The second-order valence-corrected chi connectivity index (χ2v) is 12.7. The van der Waals surface area contributed by atoms with Crippen molar-refractivity contribution < 1.29 is 13.2 Å². The van der Waals surface area contributed by atoms with Crippen molar-refractivity contribution in [2.75, 3.05) is 38.5 Å². The third-order valence-electron chi connectivity index (χ3n) is 7.18. The molecule has 2 saturated carbocycles. The number of aryl methyl sites for hydroxylation is 1. The van der Waals surface area contributed by atoms with Crippen LogP contribution < -0.4 is 5.32 Å². The molecule has 0 aromatic carbocycles. The van der Waals surface area contributed by atoms with Crippen molar-refractivity contribution in [3.05, 3.63) is 5.69 Å². The SMILES string of the molecule is Cc1nc(NC(=O)N(C2CCCCC2)C2CCCCC2)sc1S(=O)(=O)N1CCN(C)CC1. The zero-order valence-corrected chi connectivity index (χ0v) is 21.0. The molecule has 4 rings (SSSR count). The van der Waals surface area contributed by atoms with Crippen LogP contribution in [0.3, 0.4) is 0 Å². The molecule has 0 atom stereocenters. The molecule has 2 aliphatic carbocycles. The van der Waals surface area contributed by atoms with Crippen molar-refractivity contribution >= 4 is 32.5 Å². The number of anilines is 1. The van der Waals surface area contributed by atoms with Crippen LogP contribution in [0.5, 0.6) is 0 Å². The number of sulfonamides is 1. The molecule has 1 aliphatic heterocycles. The molecule has 2 amide bonds. The number of rotatable bonds is 5. The van der Waals surface area contributed by atoms with Gasteiger partial charge >= 0.3 is 6.03 Å². The van der Waals surface area contributed by atoms with E-state index >= 15 is 0 Å². The summed E-state index contributed by atoms with van der Waals surface area (Å²) in [5.74, 6) is 0. The van der Waals surface area contributed by atoms with Gasteiger partial charge in [-0.05, 0) is 39.7 Å². The fourth-order valence-electron chi connectivity index (χ4n) is 5.33. The number of hydrogen-bond acceptors (Lipinski definition) is 6. The first kappa shape index (κ1) is 23.9. The summed E-state index contributed by atoms with van der Waals surface area (Å²) in [5, 5.41) is 3.37. The number of thiazole rings is 1. The molecule has 0 bridgehead atoms. The molecule has 0 radical (unpaired) electrons. The minimum Gasteiger partial charge on any atom is -0.319 e. The van der Waals surface area contributed by atoms with E-state index in [-0.39, 0.29) is 22.3 Å². The highest BCUT2D eigenvalue weighted by molar-refractivity contribution is 7.91. The normalized spacial score (nSPS) is 22.7. The minimum atomic E-state index is -3.59. The summed E-state index contributed by atoms with van der Waals surface area (Å²) in [6.07, 6.45) is 11.4. The second-order valence-electron chi connectivity index (χ2n) is 9.52. The van der Waals surface area contributed by atoms with Gasteiger partial charge in [-0.2, -0.15) is 4.31 Å². The van der Waals surface area contributed by atoms with Crippen LogP contribution in [-0.4, -0.2) is 78.8 Å². The van der Waals surface area contributed by atoms with E-state index < -0.39 is 10.0 Å². The van der Waals surface area contributed by atoms with Crippen LogP contribution in [-0.2, 0) is 10.0 Å². The molecule has 3 aliphatic rings. The van der Waals surface area contributed by atoms with Gasteiger partial charge in [0, 0.05) is 38.3 Å². The van der Waals surface area contributed by atoms with E-state index in [4.69, 9.17) is 0 Å². The summed E-state index contributed by atoms with van der Waals surface area (Å²) in [6, 6.07) is 0.448. The summed E-state index contributed by atoms with van der Waals surface area (Å²) in [7, 11) is -1.59. The van der Waals surface area contributed by atoms with Gasteiger partial charge in [-0.25, -0.2) is 18.2 Å². The third-order valence-corrected chi connectivity index (χ3v) is 10.7. The van der Waals surface area contributed by atoms with Gasteiger partial charge in [0.05, 0.1) is 5.69 Å². The Hall–Kier alpha value is -1.23. The predicted octanol–water partition coefficient (Wildman–Crippen LogP) is 3.89. The van der Waals surface area contributed by atoms with Crippen LogP contribution in [0.2, 0.25) is 0 Å². The van der Waals surface area contributed by atoms with Gasteiger partial charge < -0.3 is 9.80 Å². The fourth-order valence-corrected chi connectivity index (χ4v) is 8.29. The van der Waals surface area contributed by atoms with Gasteiger partial charge in [0.2, 0.25) is 0 Å². The van der Waals surface area contributed by atoms with Crippen LogP contribution in [0.1, 0.15) is 69.9 Å². The maximum atomic E-state index is 13.4. The Labute approximate surface area is 196 Å². The number of nitrogens with zero attached hydrogens (tertiary/aromatic N) is 4. The fraction of sp³-hybridized carbons (Fsp3) is 0.818. The number of carbonyl (C=O) groups excluding carboxylic acids is 1. The van der Waals surface area contributed by atoms with Crippen LogP contribution in [0.15, 0.2) is 4.21 Å². The Morgan fingerprint density at radius 1 is 0.969 bits per heavy atom. The van der Waals surface area contributed by atoms with Gasteiger partial charge in [0.1, 0.15) is 0 Å². The van der Waals surface area contributed by atoms with Crippen molar-refractivity contribution in [1.29, 1.82) is 0 Å². The van der Waals surface area contributed by atoms with Crippen molar-refractivity contribution in [2.24, 2.45) is 0 Å². The standard InChI is InChI=1S/C22H37N5O3S2/c1-17-20(32(29,30)26-15-13-25(2)14-16-26)31-21(23-17)24-22(28)27(18-9-5-3-6-10-18)19-11-7-4-8-12-19/h18-19H,3-16H2,1-2H3,(H,23,24,28). The molecule has 0 unspecified atom stereocenters. The van der Waals surface area contributed by atoms with Gasteiger partial charge in [-0.3, -0.25) is 5.32 Å². The number of piperazine rings is 1. The maximum absolute atomic E-state index is 13.4. The zero-order valence-electron chi connectivity index (χ0n) is 19.4. The molecular formula is C22H37N5O3S2. The number of nitrogens with one attached hydrogen (secondary N) is 1. The first-order valence-electron chi connectivity index (χ1n) is 12.1. The molecule has 3 fully saturated rings. The third kappa shape index (κ3) is 5.29. The van der Waals surface area contributed by atoms with E-state index in [2.05, 4.69) is 20.1 Å². The van der Waals surface area contributed by atoms with E-state index in [0.29, 0.717) is 23.9 Å². The Balaban J connectivity index is 1.50. The number of urea groups is 1. The Morgan fingerprint density at radius 3 is 2.03 bits per heavy atom. The van der Waals surface area contributed by atoms with E-state index in [1.807, 2.05) is 7.05 Å². The summed E-state index contributed by atoms with van der Waals surface area (Å²) < 4.78 is 28.2. The molecule has 1 aromatic rings. The molecule has 2 heterocycles. The number of likely N-dealkylation sites (N-methyl/N-ethyl adjacent to an activating group) is 1. The second kappa shape index (κ2) is 10.4. The van der Waals surface area contributed by atoms with Gasteiger partial charge in [0.25, 0.3) is 10.0 Å². The lowest BCUT2D eigenvalue weighted by atomic mass is 9.89. The zero-order chi connectivity index (χ0) is 22.7. The van der Waals surface area contributed by atoms with E-state index in [0.717, 1.165) is 50.1 Å². The van der Waals surface area contributed by atoms with Gasteiger partial charge in [-0.15, -0.1) is 0 Å². The van der Waals surface area contributed by atoms with E-state index in [1.165, 1.54) is 42.8 Å². The molecule has 1 saturated heterocycles. The molecule has 8 nitrogen and oxygen atoms in total. The Bertz CT molecular complexity index is 865. The molecule has 0 spiro atoms. The van der Waals surface area contributed by atoms with Crippen molar-refractivity contribution in [2.45, 2.75) is 87.4 Å². The first-order chi connectivity index (χ1) is 15.4. The lowest BCUT2D eigenvalue weighted by Crippen LogP contribution is -2.50. The van der Waals surface area contributed by atoms with Crippen LogP contribution in [0, 0.1) is 6.92 Å². The summed E-state index contributed by atoms with van der Waals surface area (Å²) in [4.78, 5) is 22.1. The van der Waals surface area contributed by atoms with Crippen LogP contribution in [0.4, 0.5) is 9.93 Å². The molecule has 1 N–H and O–H groups in total. The lowest BCUT2D eigenvalue weighted by Gasteiger charge is -2.41. The quantitative estimate of drug-likeness (QED) is 0.687. The first-order valence-corrected chi connectivity index (χ1v) is 14.4. The number of hydrogen-bond donors (Lipinski definition) is 1. The Morgan fingerprint density at radius 2 is 1.50 bits per heavy atom. The monoisotopic (exact) mass is 483 g/mol. The van der Waals surface area contributed by atoms with Crippen LogP contribution in [0.25, 0.3) is 0 Å². The van der Waals surface area contributed by atoms with Crippen LogP contribution >= 0.6 is 11.3 Å². The Kier molecular flexibility index (Phi) is 7.74. The highest BCUT2D eigenvalue weighted by Gasteiger charge is 2.34. The molecule has 180 valence electrons. The highest BCUT2D eigenvalue weighted by Crippen LogP contribution is 2.33. The van der Waals surface area contributed by atoms with Gasteiger partial charge in [-0.1, -0.05) is 49.9 Å². The smallest absolute Gasteiger partial charge is 0.319 e. The molecule has 10 heteroatoms. The van der Waals surface area contributed by atoms with E-state index in [9.17, 15) is 13.2 Å². The summed E-state index contributed by atoms with van der Waals surface area (Å²) in [6.45, 7) is 4.12. The largest absolute Gasteiger partial charge is 0.324 e. The predicted molar refractivity (Wildman–Crippen MR) is 128 cm³/mol. The highest BCUT2D eigenvalue weighted by atomic mass is 32.2. The topological polar surface area (TPSA) is 85.8 Å². The molecule has 32 heavy (non-hydrogen) atoms. The number of aromatic nitrogens is 1. The maximum Gasteiger partial charge on any atom is 0.324 e. The average Bonchev–Trinajstić information content (AvgIpc) is 3.16. The molecular weight excluding hydrogens is 446 g/mol. The minimum absolute atomic E-state index is 0.110. The van der Waals surface area contributed by atoms with Crippen molar-refractivity contribution in [1.82, 2.24) is 19.1 Å².